The largest absolute Gasteiger partial charge is 0.491 e. The summed E-state index contributed by atoms with van der Waals surface area (Å²) in [5, 5.41) is 6.70. The zero-order chi connectivity index (χ0) is 17.4. The maximum atomic E-state index is 11.9. The monoisotopic (exact) mass is 346 g/mol. The van der Waals surface area contributed by atoms with Crippen LogP contribution < -0.4 is 15.4 Å². The van der Waals surface area contributed by atoms with Crippen molar-refractivity contribution >= 4 is 23.2 Å². The molecule has 2 aromatic carbocycles. The van der Waals surface area contributed by atoms with Gasteiger partial charge < -0.3 is 15.4 Å². The van der Waals surface area contributed by atoms with Gasteiger partial charge in [0.05, 0.1) is 12.6 Å². The SMILES string of the molecule is CC(C)Oc1ccc(NCC(=O)NCCc2cccc(Cl)c2)cc1. The Labute approximate surface area is 148 Å². The highest BCUT2D eigenvalue weighted by Gasteiger charge is 2.02. The van der Waals surface area contributed by atoms with E-state index in [2.05, 4.69) is 10.6 Å². The van der Waals surface area contributed by atoms with Crippen molar-refractivity contribution < 1.29 is 9.53 Å². The highest BCUT2D eigenvalue weighted by molar-refractivity contribution is 6.30. The van der Waals surface area contributed by atoms with E-state index in [4.69, 9.17) is 16.3 Å². The van der Waals surface area contributed by atoms with E-state index in [-0.39, 0.29) is 18.6 Å². The van der Waals surface area contributed by atoms with Gasteiger partial charge in [0.2, 0.25) is 5.91 Å². The number of hydrogen-bond acceptors (Lipinski definition) is 3. The number of carbonyl (C=O) groups is 1. The van der Waals surface area contributed by atoms with Gasteiger partial charge in [-0.15, -0.1) is 0 Å². The molecule has 0 saturated carbocycles. The first-order valence-electron chi connectivity index (χ1n) is 8.04. The molecular weight excluding hydrogens is 324 g/mol. The maximum absolute atomic E-state index is 11.9. The number of carbonyl (C=O) groups excluding carboxylic acids is 1. The molecule has 2 aromatic rings. The molecule has 0 unspecified atom stereocenters. The van der Waals surface area contributed by atoms with Crippen molar-refractivity contribution in [2.24, 2.45) is 0 Å². The standard InChI is InChI=1S/C19H23ClN2O2/c1-14(2)24-18-8-6-17(7-9-18)22-13-19(23)21-11-10-15-4-3-5-16(20)12-15/h3-9,12,14,22H,10-11,13H2,1-2H3,(H,21,23). The minimum Gasteiger partial charge on any atom is -0.491 e. The molecule has 0 heterocycles. The van der Waals surface area contributed by atoms with Crippen LogP contribution in [0.4, 0.5) is 5.69 Å². The molecule has 0 bridgehead atoms. The molecule has 2 N–H and O–H groups in total. The van der Waals surface area contributed by atoms with Crippen molar-refractivity contribution in [1.82, 2.24) is 5.32 Å². The number of nitrogens with one attached hydrogen (secondary N) is 2. The molecule has 0 aromatic heterocycles. The molecule has 0 spiro atoms. The van der Waals surface area contributed by atoms with Crippen molar-refractivity contribution in [3.8, 4) is 5.75 Å². The minimum atomic E-state index is -0.0421. The second kappa shape index (κ2) is 9.18. The summed E-state index contributed by atoms with van der Waals surface area (Å²) in [6, 6.07) is 15.2. The number of anilines is 1. The Morgan fingerprint density at radius 2 is 1.92 bits per heavy atom. The van der Waals surface area contributed by atoms with Crippen LogP contribution in [0.3, 0.4) is 0 Å². The highest BCUT2D eigenvalue weighted by atomic mass is 35.5. The normalized spacial score (nSPS) is 10.5. The van der Waals surface area contributed by atoms with Crippen LogP contribution in [-0.2, 0) is 11.2 Å². The van der Waals surface area contributed by atoms with E-state index < -0.39 is 0 Å². The molecule has 0 saturated heterocycles. The van der Waals surface area contributed by atoms with Crippen molar-refractivity contribution in [2.45, 2.75) is 26.4 Å². The number of benzene rings is 2. The number of amides is 1. The van der Waals surface area contributed by atoms with E-state index in [9.17, 15) is 4.79 Å². The molecule has 0 aliphatic carbocycles. The van der Waals surface area contributed by atoms with Crippen LogP contribution in [0, 0.1) is 0 Å². The quantitative estimate of drug-likeness (QED) is 0.762. The molecule has 5 heteroatoms. The van der Waals surface area contributed by atoms with Gasteiger partial charge in [-0.3, -0.25) is 4.79 Å². The molecule has 24 heavy (non-hydrogen) atoms. The molecule has 4 nitrogen and oxygen atoms in total. The van der Waals surface area contributed by atoms with E-state index in [1.165, 1.54) is 0 Å². The van der Waals surface area contributed by atoms with Crippen molar-refractivity contribution in [3.05, 3.63) is 59.1 Å². The summed E-state index contributed by atoms with van der Waals surface area (Å²) in [5.41, 5.74) is 1.99. The van der Waals surface area contributed by atoms with Gasteiger partial charge in [-0.25, -0.2) is 0 Å². The summed E-state index contributed by atoms with van der Waals surface area (Å²) in [6.07, 6.45) is 0.905. The van der Waals surface area contributed by atoms with Gasteiger partial charge in [-0.2, -0.15) is 0 Å². The number of ether oxygens (including phenoxy) is 1. The lowest BCUT2D eigenvalue weighted by molar-refractivity contribution is -0.119. The second-order valence-electron chi connectivity index (χ2n) is 5.77. The first-order valence-corrected chi connectivity index (χ1v) is 8.42. The van der Waals surface area contributed by atoms with E-state index in [1.807, 2.05) is 62.4 Å². The molecule has 1 amide bonds. The van der Waals surface area contributed by atoms with Gasteiger partial charge in [0.1, 0.15) is 5.75 Å². The van der Waals surface area contributed by atoms with E-state index in [0.29, 0.717) is 11.6 Å². The zero-order valence-corrected chi connectivity index (χ0v) is 14.8. The fraction of sp³-hybridized carbons (Fsp3) is 0.316. The highest BCUT2D eigenvalue weighted by Crippen LogP contribution is 2.16. The lowest BCUT2D eigenvalue weighted by atomic mass is 10.1. The van der Waals surface area contributed by atoms with E-state index in [1.54, 1.807) is 0 Å². The average Bonchev–Trinajstić information content (AvgIpc) is 2.54. The van der Waals surface area contributed by atoms with Gasteiger partial charge in [-0.1, -0.05) is 23.7 Å². The molecule has 0 aliphatic heterocycles. The lowest BCUT2D eigenvalue weighted by Crippen LogP contribution is -2.31. The summed E-state index contributed by atoms with van der Waals surface area (Å²) in [7, 11) is 0. The molecule has 0 radical (unpaired) electrons. The smallest absolute Gasteiger partial charge is 0.239 e. The summed E-state index contributed by atoms with van der Waals surface area (Å²) < 4.78 is 5.58. The van der Waals surface area contributed by atoms with Crippen LogP contribution in [0.25, 0.3) is 0 Å². The fourth-order valence-electron chi connectivity index (χ4n) is 2.21. The molecule has 0 fully saturated rings. The van der Waals surface area contributed by atoms with Gasteiger partial charge in [0.25, 0.3) is 0 Å². The third kappa shape index (κ3) is 6.50. The minimum absolute atomic E-state index is 0.0421. The Morgan fingerprint density at radius 1 is 1.17 bits per heavy atom. The zero-order valence-electron chi connectivity index (χ0n) is 14.0. The van der Waals surface area contributed by atoms with Crippen molar-refractivity contribution in [1.29, 1.82) is 0 Å². The molecular formula is C19H23ClN2O2. The molecule has 0 atom stereocenters. The van der Waals surface area contributed by atoms with Crippen LogP contribution in [0.15, 0.2) is 48.5 Å². The Bertz CT molecular complexity index is 657. The van der Waals surface area contributed by atoms with Crippen molar-refractivity contribution in [2.75, 3.05) is 18.4 Å². The Morgan fingerprint density at radius 3 is 2.58 bits per heavy atom. The third-order valence-electron chi connectivity index (χ3n) is 3.30. The summed E-state index contributed by atoms with van der Waals surface area (Å²) >= 11 is 5.94. The van der Waals surface area contributed by atoms with E-state index in [0.717, 1.165) is 23.4 Å². The number of rotatable bonds is 8. The maximum Gasteiger partial charge on any atom is 0.239 e. The Balaban J connectivity index is 1.69. The first kappa shape index (κ1) is 18.1. The molecule has 128 valence electrons. The summed E-state index contributed by atoms with van der Waals surface area (Å²) in [5.74, 6) is 0.779. The van der Waals surface area contributed by atoms with E-state index >= 15 is 0 Å². The van der Waals surface area contributed by atoms with Gasteiger partial charge in [0.15, 0.2) is 0 Å². The predicted molar refractivity (Wildman–Crippen MR) is 98.9 cm³/mol. The van der Waals surface area contributed by atoms with Gasteiger partial charge >= 0.3 is 0 Å². The van der Waals surface area contributed by atoms with Crippen molar-refractivity contribution in [3.63, 3.8) is 0 Å². The van der Waals surface area contributed by atoms with Crippen LogP contribution in [0.1, 0.15) is 19.4 Å². The Kier molecular flexibility index (Phi) is 6.94. The second-order valence-corrected chi connectivity index (χ2v) is 6.21. The van der Waals surface area contributed by atoms with Crippen LogP contribution in [0.5, 0.6) is 5.75 Å². The lowest BCUT2D eigenvalue weighted by Gasteiger charge is -2.11. The summed E-state index contributed by atoms with van der Waals surface area (Å²) in [4.78, 5) is 11.9. The summed E-state index contributed by atoms with van der Waals surface area (Å²) in [6.45, 7) is 4.79. The Hall–Kier alpha value is -2.20. The molecule has 2 rings (SSSR count). The predicted octanol–water partition coefficient (Wildman–Crippen LogP) is 3.90. The van der Waals surface area contributed by atoms with Crippen LogP contribution in [-0.4, -0.2) is 25.1 Å². The van der Waals surface area contributed by atoms with Gasteiger partial charge in [0, 0.05) is 17.3 Å². The number of halogens is 1. The topological polar surface area (TPSA) is 50.4 Å². The third-order valence-corrected chi connectivity index (χ3v) is 3.54. The number of hydrogen-bond donors (Lipinski definition) is 2. The van der Waals surface area contributed by atoms with Crippen LogP contribution >= 0.6 is 11.6 Å². The van der Waals surface area contributed by atoms with Crippen LogP contribution in [0.2, 0.25) is 5.02 Å². The average molecular weight is 347 g/mol. The molecule has 0 aliphatic rings. The first-order chi connectivity index (χ1) is 11.5. The van der Waals surface area contributed by atoms with Gasteiger partial charge in [-0.05, 0) is 62.2 Å². The fourth-order valence-corrected chi connectivity index (χ4v) is 2.42.